The zero-order chi connectivity index (χ0) is 22.8. The topological polar surface area (TPSA) is 66.5 Å². The zero-order valence-corrected chi connectivity index (χ0v) is 20.2. The first-order valence-electron chi connectivity index (χ1n) is 10.6. The highest BCUT2D eigenvalue weighted by Crippen LogP contribution is 2.27. The summed E-state index contributed by atoms with van der Waals surface area (Å²) in [6.45, 7) is 9.15. The third kappa shape index (κ3) is 5.48. The minimum absolute atomic E-state index is 0.00870. The summed E-state index contributed by atoms with van der Waals surface area (Å²) in [6, 6.07) is 13.0. The first-order chi connectivity index (χ1) is 14.5. The maximum absolute atomic E-state index is 13.0. The summed E-state index contributed by atoms with van der Waals surface area (Å²) in [7, 11) is -3.54. The summed E-state index contributed by atoms with van der Waals surface area (Å²) in [6.07, 6.45) is 1.05. The van der Waals surface area contributed by atoms with Crippen molar-refractivity contribution in [1.82, 2.24) is 9.62 Å². The van der Waals surface area contributed by atoms with Crippen LogP contribution in [0, 0.1) is 19.8 Å². The van der Waals surface area contributed by atoms with Gasteiger partial charge in [-0.3, -0.25) is 4.79 Å². The summed E-state index contributed by atoms with van der Waals surface area (Å²) in [5, 5.41) is 3.75. The molecule has 2 aromatic carbocycles. The quantitative estimate of drug-likeness (QED) is 0.689. The van der Waals surface area contributed by atoms with E-state index in [1.54, 1.807) is 6.07 Å². The second-order valence-corrected chi connectivity index (χ2v) is 11.4. The Morgan fingerprint density at radius 3 is 2.29 bits per heavy atom. The number of rotatable bonds is 6. The van der Waals surface area contributed by atoms with Crippen LogP contribution in [-0.2, 0) is 20.2 Å². The van der Waals surface area contributed by atoms with Gasteiger partial charge in [-0.15, -0.1) is 0 Å². The molecule has 1 saturated heterocycles. The Kier molecular flexibility index (Phi) is 7.14. The molecule has 1 fully saturated rings. The van der Waals surface area contributed by atoms with Gasteiger partial charge in [0.05, 0.1) is 4.90 Å². The Morgan fingerprint density at radius 1 is 1.10 bits per heavy atom. The zero-order valence-electron chi connectivity index (χ0n) is 18.6. The average molecular weight is 463 g/mol. The molecule has 168 valence electrons. The molecular formula is C24H31ClN2O3S. The van der Waals surface area contributed by atoms with Crippen molar-refractivity contribution in [3.05, 3.63) is 64.2 Å². The lowest BCUT2D eigenvalue weighted by atomic mass is 9.84. The van der Waals surface area contributed by atoms with Crippen LogP contribution in [-0.4, -0.2) is 38.3 Å². The first-order valence-corrected chi connectivity index (χ1v) is 12.4. The van der Waals surface area contributed by atoms with E-state index in [2.05, 4.69) is 19.2 Å². The molecule has 0 atom stereocenters. The molecule has 7 heteroatoms. The number of benzene rings is 2. The monoisotopic (exact) mass is 462 g/mol. The van der Waals surface area contributed by atoms with Crippen molar-refractivity contribution < 1.29 is 13.2 Å². The summed E-state index contributed by atoms with van der Waals surface area (Å²) in [5.74, 6) is -0.183. The van der Waals surface area contributed by atoms with Gasteiger partial charge in [0.2, 0.25) is 15.9 Å². The minimum Gasteiger partial charge on any atom is -0.355 e. The van der Waals surface area contributed by atoms with Gasteiger partial charge in [-0.1, -0.05) is 55.3 Å². The molecule has 0 saturated carbocycles. The number of nitrogens with zero attached hydrogens (tertiary/aromatic N) is 1. The molecule has 0 unspecified atom stereocenters. The molecule has 1 amide bonds. The Bertz CT molecular complexity index is 1040. The molecule has 0 spiro atoms. The van der Waals surface area contributed by atoms with Crippen LogP contribution in [0.5, 0.6) is 0 Å². The highest BCUT2D eigenvalue weighted by atomic mass is 35.5. The summed E-state index contributed by atoms with van der Waals surface area (Å²) >= 11 is 5.97. The van der Waals surface area contributed by atoms with Gasteiger partial charge in [-0.2, -0.15) is 4.31 Å². The number of piperidine rings is 1. The lowest BCUT2D eigenvalue weighted by Gasteiger charge is -2.32. The number of carbonyl (C=O) groups excluding carboxylic acids is 1. The molecule has 1 heterocycles. The predicted molar refractivity (Wildman–Crippen MR) is 125 cm³/mol. The molecule has 3 rings (SSSR count). The highest BCUT2D eigenvalue weighted by molar-refractivity contribution is 7.89. The van der Waals surface area contributed by atoms with E-state index >= 15 is 0 Å². The SMILES string of the molecule is Cc1ccc(S(=O)(=O)N2CCC(C(=O)NCC(C)(C)c3ccc(Cl)cc3)CC2)c(C)c1. The molecule has 0 bridgehead atoms. The van der Waals surface area contributed by atoms with Crippen molar-refractivity contribution in [2.24, 2.45) is 5.92 Å². The first kappa shape index (κ1) is 23.8. The smallest absolute Gasteiger partial charge is 0.243 e. The van der Waals surface area contributed by atoms with Crippen molar-refractivity contribution in [2.75, 3.05) is 19.6 Å². The highest BCUT2D eigenvalue weighted by Gasteiger charge is 2.33. The van der Waals surface area contributed by atoms with Crippen molar-refractivity contribution in [3.8, 4) is 0 Å². The third-order valence-corrected chi connectivity index (χ3v) is 8.41. The summed E-state index contributed by atoms with van der Waals surface area (Å²) in [5.41, 5.74) is 2.66. The minimum atomic E-state index is -3.54. The Morgan fingerprint density at radius 2 is 1.71 bits per heavy atom. The fourth-order valence-corrected chi connectivity index (χ4v) is 5.84. The van der Waals surface area contributed by atoms with Crippen LogP contribution in [0.1, 0.15) is 43.4 Å². The van der Waals surface area contributed by atoms with Crippen LogP contribution in [0.3, 0.4) is 0 Å². The van der Waals surface area contributed by atoms with Gasteiger partial charge in [0.25, 0.3) is 0 Å². The van der Waals surface area contributed by atoms with E-state index in [1.807, 2.05) is 50.2 Å². The van der Waals surface area contributed by atoms with Crippen LogP contribution in [0.2, 0.25) is 5.02 Å². The van der Waals surface area contributed by atoms with Gasteiger partial charge in [0.1, 0.15) is 0 Å². The molecule has 31 heavy (non-hydrogen) atoms. The summed E-state index contributed by atoms with van der Waals surface area (Å²) in [4.78, 5) is 13.1. The number of amides is 1. The van der Waals surface area contributed by atoms with E-state index in [9.17, 15) is 13.2 Å². The number of aryl methyl sites for hydroxylation is 2. The second-order valence-electron chi connectivity index (χ2n) is 9.06. The number of halogens is 1. The van der Waals surface area contributed by atoms with Crippen LogP contribution in [0.4, 0.5) is 0 Å². The molecule has 1 N–H and O–H groups in total. The molecule has 5 nitrogen and oxygen atoms in total. The molecular weight excluding hydrogens is 432 g/mol. The molecule has 2 aromatic rings. The molecule has 1 aliphatic rings. The van der Waals surface area contributed by atoms with Gasteiger partial charge in [-0.05, 0) is 56.0 Å². The average Bonchev–Trinajstić information content (AvgIpc) is 2.72. The van der Waals surface area contributed by atoms with Gasteiger partial charge in [0.15, 0.2) is 0 Å². The normalized spacial score (nSPS) is 16.3. The van der Waals surface area contributed by atoms with Gasteiger partial charge < -0.3 is 5.32 Å². The fourth-order valence-electron chi connectivity index (χ4n) is 4.04. The Labute approximate surface area is 190 Å². The number of nitrogens with one attached hydrogen (secondary N) is 1. The fraction of sp³-hybridized carbons (Fsp3) is 0.458. The van der Waals surface area contributed by atoms with E-state index in [0.29, 0.717) is 42.4 Å². The number of hydrogen-bond donors (Lipinski definition) is 1. The maximum Gasteiger partial charge on any atom is 0.243 e. The molecule has 0 aromatic heterocycles. The van der Waals surface area contributed by atoms with Crippen LogP contribution in [0.15, 0.2) is 47.4 Å². The van der Waals surface area contributed by atoms with E-state index in [-0.39, 0.29) is 17.2 Å². The Hall–Kier alpha value is -1.89. The second kappa shape index (κ2) is 9.31. The lowest BCUT2D eigenvalue weighted by Crippen LogP contribution is -2.45. The van der Waals surface area contributed by atoms with Gasteiger partial charge >= 0.3 is 0 Å². The Balaban J connectivity index is 1.57. The number of carbonyl (C=O) groups is 1. The van der Waals surface area contributed by atoms with Crippen LogP contribution < -0.4 is 5.32 Å². The van der Waals surface area contributed by atoms with E-state index in [4.69, 9.17) is 11.6 Å². The van der Waals surface area contributed by atoms with Crippen LogP contribution >= 0.6 is 11.6 Å². The maximum atomic E-state index is 13.0. The third-order valence-electron chi connectivity index (χ3n) is 6.10. The van der Waals surface area contributed by atoms with E-state index < -0.39 is 10.0 Å². The number of sulfonamides is 1. The lowest BCUT2D eigenvalue weighted by molar-refractivity contribution is -0.126. The van der Waals surface area contributed by atoms with Crippen molar-refractivity contribution in [1.29, 1.82) is 0 Å². The molecule has 0 radical (unpaired) electrons. The van der Waals surface area contributed by atoms with E-state index in [0.717, 1.165) is 16.7 Å². The molecule has 1 aliphatic heterocycles. The predicted octanol–water partition coefficient (Wildman–Crippen LogP) is 4.45. The van der Waals surface area contributed by atoms with Crippen molar-refractivity contribution >= 4 is 27.5 Å². The van der Waals surface area contributed by atoms with E-state index in [1.165, 1.54) is 4.31 Å². The van der Waals surface area contributed by atoms with Crippen molar-refractivity contribution in [2.45, 2.75) is 50.8 Å². The standard InChI is InChI=1S/C24H31ClN2O3S/c1-17-5-10-22(18(2)15-17)31(29,30)27-13-11-19(12-14-27)23(28)26-16-24(3,4)20-6-8-21(25)9-7-20/h5-10,15,19H,11-14,16H2,1-4H3,(H,26,28). The number of hydrogen-bond acceptors (Lipinski definition) is 3. The van der Waals surface area contributed by atoms with Gasteiger partial charge in [-0.25, -0.2) is 8.42 Å². The van der Waals surface area contributed by atoms with Crippen LogP contribution in [0.25, 0.3) is 0 Å². The largest absolute Gasteiger partial charge is 0.355 e. The van der Waals surface area contributed by atoms with Crippen molar-refractivity contribution in [3.63, 3.8) is 0 Å². The van der Waals surface area contributed by atoms with Gasteiger partial charge in [0, 0.05) is 36.0 Å². The summed E-state index contributed by atoms with van der Waals surface area (Å²) < 4.78 is 27.6. The molecule has 0 aliphatic carbocycles.